The molecule has 8 heteroatoms. The van der Waals surface area contributed by atoms with Gasteiger partial charge in [0.1, 0.15) is 4.34 Å². The number of thiophene rings is 1. The van der Waals surface area contributed by atoms with Crippen molar-refractivity contribution in [3.05, 3.63) is 55.2 Å². The van der Waals surface area contributed by atoms with Crippen molar-refractivity contribution in [1.82, 2.24) is 5.32 Å². The fraction of sp³-hybridized carbons (Fsp3) is 0.200. The van der Waals surface area contributed by atoms with Gasteiger partial charge in [-0.3, -0.25) is 9.59 Å². The molecule has 0 bridgehead atoms. The van der Waals surface area contributed by atoms with Gasteiger partial charge in [-0.25, -0.2) is 0 Å². The molecule has 0 aliphatic rings. The van der Waals surface area contributed by atoms with Crippen LogP contribution in [0, 0.1) is 0 Å². The first-order chi connectivity index (χ1) is 10.9. The predicted molar refractivity (Wildman–Crippen MR) is 92.6 cm³/mol. The maximum atomic E-state index is 12.4. The molecule has 23 heavy (non-hydrogen) atoms. The Morgan fingerprint density at radius 1 is 1.22 bits per heavy atom. The Balaban J connectivity index is 2.23. The summed E-state index contributed by atoms with van der Waals surface area (Å²) in [5.74, 6) is -0.860. The third-order valence-corrected chi connectivity index (χ3v) is 4.82. The van der Waals surface area contributed by atoms with Crippen LogP contribution in [-0.4, -0.2) is 19.0 Å². The number of methoxy groups -OCH3 is 1. The highest BCUT2D eigenvalue weighted by molar-refractivity contribution is 7.20. The van der Waals surface area contributed by atoms with Crippen LogP contribution in [0.5, 0.6) is 0 Å². The predicted octanol–water partition coefficient (Wildman–Crippen LogP) is 4.74. The molecule has 1 unspecified atom stereocenters. The van der Waals surface area contributed by atoms with E-state index in [9.17, 15) is 9.59 Å². The fourth-order valence-electron chi connectivity index (χ4n) is 1.93. The third kappa shape index (κ3) is 4.85. The van der Waals surface area contributed by atoms with E-state index in [1.165, 1.54) is 13.2 Å². The van der Waals surface area contributed by atoms with E-state index in [-0.39, 0.29) is 12.0 Å². The van der Waals surface area contributed by atoms with Gasteiger partial charge in [0.2, 0.25) is 0 Å². The van der Waals surface area contributed by atoms with Crippen molar-refractivity contribution in [2.75, 3.05) is 7.11 Å². The summed E-state index contributed by atoms with van der Waals surface area (Å²) >= 11 is 18.8. The van der Waals surface area contributed by atoms with Crippen LogP contribution in [0.2, 0.25) is 13.7 Å². The molecule has 0 saturated heterocycles. The van der Waals surface area contributed by atoms with Crippen molar-refractivity contribution in [3.63, 3.8) is 0 Å². The Bertz CT molecular complexity index is 715. The molecular weight excluding hydrogens is 381 g/mol. The molecule has 0 saturated carbocycles. The van der Waals surface area contributed by atoms with E-state index in [2.05, 4.69) is 10.1 Å². The van der Waals surface area contributed by atoms with E-state index in [4.69, 9.17) is 34.8 Å². The average Bonchev–Trinajstić information content (AvgIpc) is 2.86. The summed E-state index contributed by atoms with van der Waals surface area (Å²) < 4.78 is 5.38. The summed E-state index contributed by atoms with van der Waals surface area (Å²) in [6, 6.07) is 7.75. The lowest BCUT2D eigenvalue weighted by atomic mass is 10.0. The van der Waals surface area contributed by atoms with Crippen molar-refractivity contribution in [1.29, 1.82) is 0 Å². The minimum absolute atomic E-state index is 0.0145. The molecule has 0 spiro atoms. The first kappa shape index (κ1) is 18.1. The molecule has 1 N–H and O–H groups in total. The fourth-order valence-corrected chi connectivity index (χ4v) is 3.51. The van der Waals surface area contributed by atoms with Crippen molar-refractivity contribution in [3.8, 4) is 0 Å². The number of nitrogens with one attached hydrogen (secondary N) is 1. The summed E-state index contributed by atoms with van der Waals surface area (Å²) in [4.78, 5) is 24.0. The first-order valence-corrected chi connectivity index (χ1v) is 8.43. The topological polar surface area (TPSA) is 55.4 Å². The first-order valence-electron chi connectivity index (χ1n) is 6.48. The Kier molecular flexibility index (Phi) is 6.30. The summed E-state index contributed by atoms with van der Waals surface area (Å²) in [6.07, 6.45) is -0.0145. The van der Waals surface area contributed by atoms with Crippen molar-refractivity contribution in [2.24, 2.45) is 0 Å². The van der Waals surface area contributed by atoms with Crippen LogP contribution in [0.15, 0.2) is 30.3 Å². The summed E-state index contributed by atoms with van der Waals surface area (Å²) in [6.45, 7) is 0. The molecular formula is C15H12Cl3NO3S. The van der Waals surface area contributed by atoms with Gasteiger partial charge < -0.3 is 10.1 Å². The van der Waals surface area contributed by atoms with Crippen LogP contribution >= 0.6 is 46.1 Å². The van der Waals surface area contributed by atoms with Crippen molar-refractivity contribution < 1.29 is 14.3 Å². The number of hydrogen-bond acceptors (Lipinski definition) is 4. The maximum absolute atomic E-state index is 12.4. The van der Waals surface area contributed by atoms with Crippen LogP contribution in [0.3, 0.4) is 0 Å². The molecule has 4 nitrogen and oxygen atoms in total. The molecule has 122 valence electrons. The summed E-state index contributed by atoms with van der Waals surface area (Å²) in [7, 11) is 1.29. The summed E-state index contributed by atoms with van der Waals surface area (Å²) in [5, 5.41) is 3.33. The van der Waals surface area contributed by atoms with Gasteiger partial charge in [-0.05, 0) is 23.8 Å². The average molecular weight is 393 g/mol. The van der Waals surface area contributed by atoms with Crippen LogP contribution in [0.4, 0.5) is 0 Å². The number of amides is 1. The smallest absolute Gasteiger partial charge is 0.307 e. The van der Waals surface area contributed by atoms with Gasteiger partial charge in [0, 0.05) is 5.02 Å². The SMILES string of the molecule is COC(=O)CC(NC(=O)c1cc(Cl)sc1Cl)c1ccc(Cl)cc1. The number of carbonyl (C=O) groups excluding carboxylic acids is 2. The molecule has 0 aliphatic heterocycles. The number of benzene rings is 1. The van der Waals surface area contributed by atoms with Crippen molar-refractivity contribution >= 4 is 58.0 Å². The van der Waals surface area contributed by atoms with Crippen LogP contribution in [0.1, 0.15) is 28.4 Å². The number of hydrogen-bond donors (Lipinski definition) is 1. The molecule has 1 atom stereocenters. The van der Waals surface area contributed by atoms with E-state index in [1.807, 2.05) is 0 Å². The minimum atomic E-state index is -0.568. The lowest BCUT2D eigenvalue weighted by molar-refractivity contribution is -0.141. The normalized spacial score (nSPS) is 11.8. The van der Waals surface area contributed by atoms with Gasteiger partial charge in [-0.15, -0.1) is 11.3 Å². The maximum Gasteiger partial charge on any atom is 0.307 e. The van der Waals surface area contributed by atoms with Crippen LogP contribution < -0.4 is 5.32 Å². The second-order valence-corrected chi connectivity index (χ2v) is 7.32. The number of halogens is 3. The molecule has 0 fully saturated rings. The standard InChI is InChI=1S/C15H12Cl3NO3S/c1-22-13(20)7-11(8-2-4-9(16)5-3-8)19-15(21)10-6-12(17)23-14(10)18/h2-6,11H,7H2,1H3,(H,19,21). The van der Waals surface area contributed by atoms with Crippen LogP contribution in [-0.2, 0) is 9.53 Å². The zero-order valence-electron chi connectivity index (χ0n) is 11.9. The lowest BCUT2D eigenvalue weighted by Gasteiger charge is -2.18. The Morgan fingerprint density at radius 3 is 2.39 bits per heavy atom. The molecule has 2 rings (SSSR count). The number of esters is 1. The monoisotopic (exact) mass is 391 g/mol. The number of ether oxygens (including phenoxy) is 1. The highest BCUT2D eigenvalue weighted by Gasteiger charge is 2.22. The van der Waals surface area contributed by atoms with E-state index in [1.54, 1.807) is 24.3 Å². The van der Waals surface area contributed by atoms with Gasteiger partial charge in [0.15, 0.2) is 0 Å². The molecule has 1 aromatic carbocycles. The Hall–Kier alpha value is -1.27. The van der Waals surface area contributed by atoms with Gasteiger partial charge in [-0.1, -0.05) is 46.9 Å². The second kappa shape index (κ2) is 8.02. The van der Waals surface area contributed by atoms with Gasteiger partial charge in [-0.2, -0.15) is 0 Å². The van der Waals surface area contributed by atoms with Gasteiger partial charge in [0.25, 0.3) is 5.91 Å². The molecule has 1 heterocycles. The number of rotatable bonds is 5. The van der Waals surface area contributed by atoms with Gasteiger partial charge >= 0.3 is 5.97 Å². The molecule has 0 aliphatic carbocycles. The highest BCUT2D eigenvalue weighted by atomic mass is 35.5. The molecule has 0 radical (unpaired) electrons. The van der Waals surface area contributed by atoms with Crippen LogP contribution in [0.25, 0.3) is 0 Å². The molecule has 2 aromatic rings. The largest absolute Gasteiger partial charge is 0.469 e. The minimum Gasteiger partial charge on any atom is -0.469 e. The molecule has 1 aromatic heterocycles. The highest BCUT2D eigenvalue weighted by Crippen LogP contribution is 2.31. The van der Waals surface area contributed by atoms with E-state index < -0.39 is 17.9 Å². The zero-order valence-corrected chi connectivity index (χ0v) is 15.0. The van der Waals surface area contributed by atoms with E-state index >= 15 is 0 Å². The zero-order chi connectivity index (χ0) is 17.0. The third-order valence-electron chi connectivity index (χ3n) is 3.08. The number of carbonyl (C=O) groups is 2. The summed E-state index contributed by atoms with van der Waals surface area (Å²) in [5.41, 5.74) is 0.996. The quantitative estimate of drug-likeness (QED) is 0.748. The van der Waals surface area contributed by atoms with Gasteiger partial charge in [0.05, 0.1) is 29.5 Å². The lowest BCUT2D eigenvalue weighted by Crippen LogP contribution is -2.30. The van der Waals surface area contributed by atoms with Crippen molar-refractivity contribution in [2.45, 2.75) is 12.5 Å². The van der Waals surface area contributed by atoms with E-state index in [0.29, 0.717) is 13.7 Å². The molecule has 1 amide bonds. The second-order valence-electron chi connectivity index (χ2n) is 4.60. The van der Waals surface area contributed by atoms with E-state index in [0.717, 1.165) is 16.9 Å². The Labute approximate surface area is 152 Å². The Morgan fingerprint density at radius 2 is 1.87 bits per heavy atom.